The summed E-state index contributed by atoms with van der Waals surface area (Å²) in [6, 6.07) is 14.9. The summed E-state index contributed by atoms with van der Waals surface area (Å²) in [7, 11) is -3.42. The number of benzene rings is 2. The zero-order valence-corrected chi connectivity index (χ0v) is 24.2. The number of hydrogen-bond donors (Lipinski definition) is 0. The summed E-state index contributed by atoms with van der Waals surface area (Å²) < 4.78 is 24.0. The second-order valence-electron chi connectivity index (χ2n) is 9.95. The number of hydrogen-bond acceptors (Lipinski definition) is 6. The van der Waals surface area contributed by atoms with Gasteiger partial charge in [0.05, 0.1) is 5.56 Å². The Morgan fingerprint density at radius 3 is 2.62 bits per heavy atom. The lowest BCUT2D eigenvalue weighted by Gasteiger charge is -2.52. The van der Waals surface area contributed by atoms with Crippen molar-refractivity contribution >= 4 is 60.5 Å². The fourth-order valence-corrected chi connectivity index (χ4v) is 6.95. The summed E-state index contributed by atoms with van der Waals surface area (Å²) in [4.78, 5) is 43.5. The van der Waals surface area contributed by atoms with Crippen LogP contribution in [0.3, 0.4) is 0 Å². The molecule has 1 fully saturated rings. The maximum absolute atomic E-state index is 14.3. The highest BCUT2D eigenvalue weighted by Crippen LogP contribution is 2.39. The number of sulfone groups is 1. The zero-order chi connectivity index (χ0) is 28.2. The van der Waals surface area contributed by atoms with Gasteiger partial charge in [-0.05, 0) is 43.0 Å². The Bertz CT molecular complexity index is 1520. The topological polar surface area (TPSA) is 91.8 Å². The van der Waals surface area contributed by atoms with E-state index in [2.05, 4.69) is 6.58 Å². The Morgan fingerprint density at radius 1 is 1.18 bits per heavy atom. The molecule has 1 aromatic heterocycles. The standard InChI is InChI=1S/C29H31ClN2O5S2/c1-3-13-29(14-16-32(29)27(34)25-19-38-26-12-5-4-11-24(25)26)28(35)31(18-21-8-6-9-22(30)17-21)15-7-10-23(33)20-39(2,36)37/h3-6,8-9,11-12,17,19H,1,7,10,13-16,18,20H2,2H3. The van der Waals surface area contributed by atoms with Crippen molar-refractivity contribution < 1.29 is 22.8 Å². The largest absolute Gasteiger partial charge is 0.336 e. The van der Waals surface area contributed by atoms with Crippen LogP contribution in [-0.2, 0) is 26.0 Å². The second-order valence-corrected chi connectivity index (χ2v) is 13.4. The van der Waals surface area contributed by atoms with Crippen LogP contribution in [0.5, 0.6) is 0 Å². The molecule has 2 amide bonds. The molecule has 2 aromatic carbocycles. The molecule has 39 heavy (non-hydrogen) atoms. The average Bonchev–Trinajstić information content (AvgIpc) is 3.29. The van der Waals surface area contributed by atoms with Gasteiger partial charge >= 0.3 is 0 Å². The van der Waals surface area contributed by atoms with E-state index in [4.69, 9.17) is 11.6 Å². The maximum Gasteiger partial charge on any atom is 0.256 e. The average molecular weight is 587 g/mol. The molecule has 7 nitrogen and oxygen atoms in total. The molecule has 206 valence electrons. The fourth-order valence-electron chi connectivity index (χ4n) is 5.07. The van der Waals surface area contributed by atoms with Gasteiger partial charge in [0.2, 0.25) is 5.91 Å². The molecule has 2 heterocycles. The van der Waals surface area contributed by atoms with Crippen LogP contribution in [-0.4, -0.2) is 66.5 Å². The predicted molar refractivity (Wildman–Crippen MR) is 156 cm³/mol. The lowest BCUT2D eigenvalue weighted by Crippen LogP contribution is -2.69. The van der Waals surface area contributed by atoms with Crippen molar-refractivity contribution in [1.29, 1.82) is 0 Å². The van der Waals surface area contributed by atoms with E-state index < -0.39 is 26.9 Å². The Balaban J connectivity index is 1.60. The van der Waals surface area contributed by atoms with E-state index in [1.54, 1.807) is 34.1 Å². The summed E-state index contributed by atoms with van der Waals surface area (Å²) in [5, 5.41) is 3.24. The van der Waals surface area contributed by atoms with Gasteiger partial charge in [0.1, 0.15) is 17.1 Å². The SMILES string of the molecule is C=CCC1(C(=O)N(CCCC(=O)CS(C)(=O)=O)Cc2cccc(Cl)c2)CCN1C(=O)c1csc2ccccc12. The van der Waals surface area contributed by atoms with Crippen LogP contribution in [0.1, 0.15) is 41.6 Å². The van der Waals surface area contributed by atoms with Crippen LogP contribution in [0.2, 0.25) is 5.02 Å². The van der Waals surface area contributed by atoms with Crippen LogP contribution in [0.4, 0.5) is 0 Å². The highest BCUT2D eigenvalue weighted by atomic mass is 35.5. The first-order valence-electron chi connectivity index (χ1n) is 12.7. The van der Waals surface area contributed by atoms with E-state index in [1.165, 1.54) is 11.3 Å². The molecule has 4 rings (SSSR count). The van der Waals surface area contributed by atoms with Crippen LogP contribution >= 0.6 is 22.9 Å². The number of thiophene rings is 1. The van der Waals surface area contributed by atoms with Gasteiger partial charge in [0.25, 0.3) is 5.91 Å². The van der Waals surface area contributed by atoms with Crippen molar-refractivity contribution in [2.75, 3.05) is 25.1 Å². The Kier molecular flexibility index (Phi) is 8.93. The molecule has 3 aromatic rings. The van der Waals surface area contributed by atoms with Crippen molar-refractivity contribution in [2.24, 2.45) is 0 Å². The Hall–Kier alpha value is -3.01. The third-order valence-electron chi connectivity index (χ3n) is 6.96. The summed E-state index contributed by atoms with van der Waals surface area (Å²) in [6.45, 7) is 4.77. The summed E-state index contributed by atoms with van der Waals surface area (Å²) in [5.74, 6) is -1.33. The first-order chi connectivity index (χ1) is 18.5. The molecule has 10 heteroatoms. The lowest BCUT2D eigenvalue weighted by atomic mass is 9.79. The van der Waals surface area contributed by atoms with Crippen molar-refractivity contribution in [1.82, 2.24) is 9.80 Å². The molecule has 0 N–H and O–H groups in total. The van der Waals surface area contributed by atoms with Gasteiger partial charge in [-0.3, -0.25) is 14.4 Å². The second kappa shape index (κ2) is 12.0. The lowest BCUT2D eigenvalue weighted by molar-refractivity contribution is -0.151. The van der Waals surface area contributed by atoms with E-state index in [0.29, 0.717) is 36.4 Å². The number of ketones is 1. The number of Topliss-reactive ketones (excluding diaryl/α,β-unsaturated/α-hetero) is 1. The van der Waals surface area contributed by atoms with E-state index >= 15 is 0 Å². The molecule has 1 aliphatic rings. The third-order valence-corrected chi connectivity index (χ3v) is 9.00. The quantitative estimate of drug-likeness (QED) is 0.274. The molecule has 0 spiro atoms. The highest BCUT2D eigenvalue weighted by molar-refractivity contribution is 7.91. The summed E-state index contributed by atoms with van der Waals surface area (Å²) in [6.07, 6.45) is 3.80. The van der Waals surface area contributed by atoms with Crippen LogP contribution in [0, 0.1) is 0 Å². The smallest absolute Gasteiger partial charge is 0.256 e. The van der Waals surface area contributed by atoms with Crippen LogP contribution < -0.4 is 0 Å². The van der Waals surface area contributed by atoms with Gasteiger partial charge in [-0.15, -0.1) is 17.9 Å². The van der Waals surface area contributed by atoms with Gasteiger partial charge in [-0.25, -0.2) is 8.42 Å². The number of likely N-dealkylation sites (tertiary alicyclic amines) is 1. The monoisotopic (exact) mass is 586 g/mol. The molecular weight excluding hydrogens is 556 g/mol. The molecule has 0 bridgehead atoms. The number of nitrogens with zero attached hydrogens (tertiary/aromatic N) is 2. The van der Waals surface area contributed by atoms with E-state index in [9.17, 15) is 22.8 Å². The first-order valence-corrected chi connectivity index (χ1v) is 16.0. The molecule has 1 aliphatic heterocycles. The third kappa shape index (κ3) is 6.59. The van der Waals surface area contributed by atoms with E-state index in [0.717, 1.165) is 21.9 Å². The first kappa shape index (κ1) is 29.0. The minimum Gasteiger partial charge on any atom is -0.336 e. The van der Waals surface area contributed by atoms with Gasteiger partial charge in [0.15, 0.2) is 9.84 Å². The van der Waals surface area contributed by atoms with Crippen molar-refractivity contribution in [3.05, 3.63) is 82.7 Å². The number of fused-ring (bicyclic) bond motifs is 1. The maximum atomic E-state index is 14.3. The Morgan fingerprint density at radius 2 is 1.95 bits per heavy atom. The van der Waals surface area contributed by atoms with Crippen LogP contribution in [0.25, 0.3) is 10.1 Å². The van der Waals surface area contributed by atoms with E-state index in [1.807, 2.05) is 35.7 Å². The number of halogens is 1. The normalized spacial score (nSPS) is 17.0. The number of rotatable bonds is 12. The zero-order valence-electron chi connectivity index (χ0n) is 21.8. The van der Waals surface area contributed by atoms with Crippen molar-refractivity contribution in [2.45, 2.75) is 37.8 Å². The highest BCUT2D eigenvalue weighted by Gasteiger charge is 2.54. The Labute approximate surface area is 238 Å². The molecule has 0 saturated carbocycles. The molecule has 1 atom stereocenters. The van der Waals surface area contributed by atoms with Crippen molar-refractivity contribution in [3.8, 4) is 0 Å². The fraction of sp³-hybridized carbons (Fsp3) is 0.345. The molecular formula is C29H31ClN2O5S2. The van der Waals surface area contributed by atoms with Gasteiger partial charge in [-0.1, -0.05) is 48.0 Å². The van der Waals surface area contributed by atoms with E-state index in [-0.39, 0.29) is 31.3 Å². The van der Waals surface area contributed by atoms with Gasteiger partial charge < -0.3 is 9.80 Å². The minimum absolute atomic E-state index is 0.0321. The molecule has 0 aliphatic carbocycles. The van der Waals surface area contributed by atoms with Crippen molar-refractivity contribution in [3.63, 3.8) is 0 Å². The van der Waals surface area contributed by atoms with Crippen LogP contribution in [0.15, 0.2) is 66.6 Å². The van der Waals surface area contributed by atoms with Gasteiger partial charge in [0, 0.05) is 52.8 Å². The predicted octanol–water partition coefficient (Wildman–Crippen LogP) is 5.14. The summed E-state index contributed by atoms with van der Waals surface area (Å²) >= 11 is 7.69. The van der Waals surface area contributed by atoms with Gasteiger partial charge in [-0.2, -0.15) is 0 Å². The number of amides is 2. The molecule has 1 saturated heterocycles. The summed E-state index contributed by atoms with van der Waals surface area (Å²) in [5.41, 5.74) is 0.300. The minimum atomic E-state index is -3.42. The number of carbonyl (C=O) groups excluding carboxylic acids is 3. The molecule has 0 radical (unpaired) electrons. The molecule has 1 unspecified atom stereocenters. The number of carbonyl (C=O) groups is 3.